The highest BCUT2D eigenvalue weighted by Gasteiger charge is 2.23. The number of carbonyl (C=O) groups is 1. The number of aldehydes is 1. The van der Waals surface area contributed by atoms with E-state index in [1.54, 1.807) is 0 Å². The highest BCUT2D eigenvalue weighted by molar-refractivity contribution is 7.86. The van der Waals surface area contributed by atoms with Gasteiger partial charge in [0.15, 0.2) is 6.29 Å². The highest BCUT2D eigenvalue weighted by Crippen LogP contribution is 2.35. The second-order valence-electron chi connectivity index (χ2n) is 4.18. The monoisotopic (exact) mass is 345 g/mol. The van der Waals surface area contributed by atoms with Crippen molar-refractivity contribution in [3.05, 3.63) is 34.7 Å². The quantitative estimate of drug-likeness (QED) is 0.480. The molecule has 0 saturated carbocycles. The standard InChI is InChI=1S/C11H7NO8S2/c13-5-9-10(22(18,19)20)4-6-3-7(21(15,16)17)1-2-8(6)11(9)12-14/h1-5H,(H,15,16,17)(H,18,19,20). The fraction of sp³-hybridized carbons (Fsp3) is 0. The van der Waals surface area contributed by atoms with Gasteiger partial charge in [-0.05, 0) is 28.8 Å². The Bertz CT molecular complexity index is 1010. The molecule has 2 aromatic carbocycles. The Morgan fingerprint density at radius 3 is 2.09 bits per heavy atom. The highest BCUT2D eigenvalue weighted by atomic mass is 32.2. The summed E-state index contributed by atoms with van der Waals surface area (Å²) in [5.41, 5.74) is -1.22. The fourth-order valence-corrected chi connectivity index (χ4v) is 3.16. The number of nitrogens with zero attached hydrogens (tertiary/aromatic N) is 1. The third-order valence-corrected chi connectivity index (χ3v) is 4.61. The SMILES string of the molecule is O=Cc1c(S(=O)(=O)O)cc2cc(S(=O)(=O)O)ccc2c1N=O. The average Bonchev–Trinajstić information content (AvgIpc) is 2.42. The fourth-order valence-electron chi connectivity index (χ4n) is 1.94. The molecule has 0 aliphatic rings. The number of carbonyl (C=O) groups excluding carboxylic acids is 1. The van der Waals surface area contributed by atoms with E-state index < -0.39 is 41.3 Å². The van der Waals surface area contributed by atoms with E-state index in [9.17, 15) is 26.5 Å². The van der Waals surface area contributed by atoms with Crippen molar-refractivity contribution in [3.63, 3.8) is 0 Å². The van der Waals surface area contributed by atoms with Gasteiger partial charge in [-0.25, -0.2) is 0 Å². The summed E-state index contributed by atoms with van der Waals surface area (Å²) in [6, 6.07) is 3.71. The normalized spacial score (nSPS) is 12.3. The number of nitroso groups, excluding NO2 is 1. The van der Waals surface area contributed by atoms with Crippen molar-refractivity contribution in [2.45, 2.75) is 9.79 Å². The Kier molecular flexibility index (Phi) is 3.83. The second kappa shape index (κ2) is 5.21. The molecule has 0 heterocycles. The van der Waals surface area contributed by atoms with Crippen molar-refractivity contribution in [1.82, 2.24) is 0 Å². The van der Waals surface area contributed by atoms with Gasteiger partial charge in [-0.2, -0.15) is 16.8 Å². The van der Waals surface area contributed by atoms with Gasteiger partial charge in [-0.1, -0.05) is 6.07 Å². The summed E-state index contributed by atoms with van der Waals surface area (Å²) in [6.07, 6.45) is 0.0377. The van der Waals surface area contributed by atoms with E-state index >= 15 is 0 Å². The summed E-state index contributed by atoms with van der Waals surface area (Å²) < 4.78 is 62.8. The maximum absolute atomic E-state index is 11.3. The van der Waals surface area contributed by atoms with Crippen LogP contribution in [0.1, 0.15) is 10.4 Å². The van der Waals surface area contributed by atoms with Gasteiger partial charge in [0.25, 0.3) is 20.2 Å². The molecule has 0 saturated heterocycles. The van der Waals surface area contributed by atoms with Crippen LogP contribution in [0.3, 0.4) is 0 Å². The van der Waals surface area contributed by atoms with Gasteiger partial charge in [-0.3, -0.25) is 13.9 Å². The van der Waals surface area contributed by atoms with E-state index in [2.05, 4.69) is 5.18 Å². The van der Waals surface area contributed by atoms with Gasteiger partial charge < -0.3 is 0 Å². The Hall–Kier alpha value is -2.21. The molecular formula is C11H7NO8S2. The van der Waals surface area contributed by atoms with Gasteiger partial charge in [0, 0.05) is 5.39 Å². The summed E-state index contributed by atoms with van der Waals surface area (Å²) >= 11 is 0. The minimum absolute atomic E-state index is 0.0168. The van der Waals surface area contributed by atoms with E-state index in [1.807, 2.05) is 0 Å². The third kappa shape index (κ3) is 2.74. The minimum atomic E-state index is -4.86. The predicted molar refractivity (Wildman–Crippen MR) is 74.4 cm³/mol. The van der Waals surface area contributed by atoms with Crippen LogP contribution >= 0.6 is 0 Å². The lowest BCUT2D eigenvalue weighted by molar-refractivity contribution is 0.112. The van der Waals surface area contributed by atoms with Crippen LogP contribution in [0.25, 0.3) is 10.8 Å². The first-order valence-electron chi connectivity index (χ1n) is 5.44. The molecule has 0 bridgehead atoms. The van der Waals surface area contributed by atoms with E-state index in [0.29, 0.717) is 0 Å². The largest absolute Gasteiger partial charge is 0.298 e. The maximum atomic E-state index is 11.3. The topological polar surface area (TPSA) is 155 Å². The van der Waals surface area contributed by atoms with E-state index in [0.717, 1.165) is 24.3 Å². The summed E-state index contributed by atoms with van der Waals surface area (Å²) in [4.78, 5) is 20.5. The molecule has 0 spiro atoms. The second-order valence-corrected chi connectivity index (χ2v) is 6.99. The first kappa shape index (κ1) is 16.2. The summed E-state index contributed by atoms with van der Waals surface area (Å²) in [7, 11) is -9.43. The molecule has 2 N–H and O–H groups in total. The van der Waals surface area contributed by atoms with Crippen molar-refractivity contribution in [3.8, 4) is 0 Å². The lowest BCUT2D eigenvalue weighted by Crippen LogP contribution is -2.04. The molecule has 11 heteroatoms. The van der Waals surface area contributed by atoms with E-state index in [-0.39, 0.29) is 17.1 Å². The molecule has 0 aromatic heterocycles. The number of benzene rings is 2. The summed E-state index contributed by atoms with van der Waals surface area (Å²) in [5.74, 6) is 0. The molecule has 0 radical (unpaired) electrons. The van der Waals surface area contributed by atoms with Gasteiger partial charge in [0.1, 0.15) is 10.6 Å². The third-order valence-electron chi connectivity index (χ3n) is 2.87. The van der Waals surface area contributed by atoms with Crippen molar-refractivity contribution in [2.75, 3.05) is 0 Å². The van der Waals surface area contributed by atoms with Gasteiger partial charge in [0.2, 0.25) is 0 Å². The molecule has 0 aliphatic heterocycles. The Morgan fingerprint density at radius 1 is 1.00 bits per heavy atom. The van der Waals surface area contributed by atoms with Crippen LogP contribution < -0.4 is 0 Å². The predicted octanol–water partition coefficient (Wildman–Crippen LogP) is 1.54. The molecule has 2 rings (SSSR count). The zero-order chi connectivity index (χ0) is 16.7. The van der Waals surface area contributed by atoms with Crippen LogP contribution in [-0.4, -0.2) is 32.2 Å². The van der Waals surface area contributed by atoms with E-state index in [1.165, 1.54) is 0 Å². The van der Waals surface area contributed by atoms with Crippen molar-refractivity contribution < 1.29 is 30.7 Å². The molecule has 9 nitrogen and oxygen atoms in total. The Morgan fingerprint density at radius 2 is 1.64 bits per heavy atom. The van der Waals surface area contributed by atoms with Gasteiger partial charge >= 0.3 is 0 Å². The van der Waals surface area contributed by atoms with Gasteiger partial charge in [-0.15, -0.1) is 4.91 Å². The van der Waals surface area contributed by atoms with Crippen LogP contribution in [0.2, 0.25) is 0 Å². The molecule has 116 valence electrons. The molecule has 0 fully saturated rings. The van der Waals surface area contributed by atoms with Crippen LogP contribution in [0.5, 0.6) is 0 Å². The van der Waals surface area contributed by atoms with Crippen LogP contribution in [-0.2, 0) is 20.2 Å². The molecule has 22 heavy (non-hydrogen) atoms. The molecule has 2 aromatic rings. The van der Waals surface area contributed by atoms with Crippen LogP contribution in [0.4, 0.5) is 5.69 Å². The lowest BCUT2D eigenvalue weighted by Gasteiger charge is -2.08. The Labute approximate surface area is 124 Å². The lowest BCUT2D eigenvalue weighted by atomic mass is 10.0. The summed E-state index contributed by atoms with van der Waals surface area (Å²) in [6.45, 7) is 0. The molecular weight excluding hydrogens is 338 g/mol. The maximum Gasteiger partial charge on any atom is 0.295 e. The number of hydrogen-bond acceptors (Lipinski definition) is 7. The van der Waals surface area contributed by atoms with Crippen molar-refractivity contribution >= 4 is 43.0 Å². The zero-order valence-corrected chi connectivity index (χ0v) is 12.1. The van der Waals surface area contributed by atoms with Crippen molar-refractivity contribution in [1.29, 1.82) is 0 Å². The van der Waals surface area contributed by atoms with E-state index in [4.69, 9.17) is 9.11 Å². The molecule has 0 unspecified atom stereocenters. The molecule has 0 atom stereocenters. The first-order valence-corrected chi connectivity index (χ1v) is 8.32. The van der Waals surface area contributed by atoms with Crippen LogP contribution in [0, 0.1) is 4.91 Å². The number of hydrogen-bond donors (Lipinski definition) is 2. The van der Waals surface area contributed by atoms with Crippen LogP contribution in [0.15, 0.2) is 39.2 Å². The van der Waals surface area contributed by atoms with Gasteiger partial charge in [0.05, 0.1) is 10.5 Å². The number of fused-ring (bicyclic) bond motifs is 1. The Balaban J connectivity index is 3.05. The molecule has 0 amide bonds. The number of rotatable bonds is 4. The average molecular weight is 345 g/mol. The molecule has 0 aliphatic carbocycles. The first-order chi connectivity index (χ1) is 10.1. The zero-order valence-electron chi connectivity index (χ0n) is 10.5. The smallest absolute Gasteiger partial charge is 0.295 e. The minimum Gasteiger partial charge on any atom is -0.298 e. The summed E-state index contributed by atoms with van der Waals surface area (Å²) in [5, 5.41) is 2.43. The van der Waals surface area contributed by atoms with Crippen molar-refractivity contribution in [2.24, 2.45) is 5.18 Å².